The quantitative estimate of drug-likeness (QED) is 0.652. The van der Waals surface area contributed by atoms with Gasteiger partial charge in [-0.15, -0.1) is 0 Å². The van der Waals surface area contributed by atoms with Crippen molar-refractivity contribution in [2.75, 3.05) is 13.4 Å². The van der Waals surface area contributed by atoms with E-state index >= 15 is 0 Å². The molecule has 1 aromatic heterocycles. The molecule has 128 valence electrons. The van der Waals surface area contributed by atoms with Crippen LogP contribution < -0.4 is 4.74 Å². The molecule has 0 atom stereocenters. The molecular weight excluding hydrogens is 362 g/mol. The van der Waals surface area contributed by atoms with Gasteiger partial charge < -0.3 is 4.74 Å². The molecule has 2 aromatic carbocycles. The molecule has 7 heteroatoms. The predicted molar refractivity (Wildman–Crippen MR) is 96.3 cm³/mol. The third-order valence-corrected chi connectivity index (χ3v) is 4.98. The highest BCUT2D eigenvalue weighted by Gasteiger charge is 2.20. The van der Waals surface area contributed by atoms with Gasteiger partial charge in [0.1, 0.15) is 5.75 Å². The van der Waals surface area contributed by atoms with Crippen LogP contribution in [0.25, 0.3) is 10.9 Å². The molecule has 0 spiro atoms. The van der Waals surface area contributed by atoms with Gasteiger partial charge in [-0.1, -0.05) is 11.6 Å². The Hall–Kier alpha value is -2.44. The molecule has 0 aliphatic rings. The zero-order chi connectivity index (χ0) is 18.2. The van der Waals surface area contributed by atoms with Crippen LogP contribution in [0.1, 0.15) is 15.9 Å². The SMILES string of the molecule is COc1ccc2nc(S(C)(=O)=O)ccc2c1C(=O)c1ccc(Cl)cc1. The maximum Gasteiger partial charge on any atom is 0.197 e. The van der Waals surface area contributed by atoms with E-state index < -0.39 is 9.84 Å². The molecule has 0 saturated heterocycles. The Morgan fingerprint density at radius 3 is 2.32 bits per heavy atom. The zero-order valence-corrected chi connectivity index (χ0v) is 15.1. The normalized spacial score (nSPS) is 11.5. The molecule has 0 amide bonds. The Labute approximate surface area is 150 Å². The van der Waals surface area contributed by atoms with E-state index in [-0.39, 0.29) is 10.8 Å². The number of aromatic nitrogens is 1. The van der Waals surface area contributed by atoms with E-state index in [0.29, 0.717) is 32.8 Å². The minimum absolute atomic E-state index is 0.0462. The van der Waals surface area contributed by atoms with Gasteiger partial charge in [0.25, 0.3) is 0 Å². The van der Waals surface area contributed by atoms with E-state index in [1.165, 1.54) is 13.2 Å². The van der Waals surface area contributed by atoms with Gasteiger partial charge in [-0.25, -0.2) is 13.4 Å². The molecule has 0 aliphatic carbocycles. The molecule has 0 N–H and O–H groups in total. The van der Waals surface area contributed by atoms with Gasteiger partial charge in [-0.3, -0.25) is 4.79 Å². The Morgan fingerprint density at radius 1 is 1.04 bits per heavy atom. The van der Waals surface area contributed by atoms with Crippen LogP contribution in [0, 0.1) is 0 Å². The fourth-order valence-corrected chi connectivity index (χ4v) is 3.23. The van der Waals surface area contributed by atoms with Crippen molar-refractivity contribution < 1.29 is 17.9 Å². The molecule has 0 aliphatic heterocycles. The first-order chi connectivity index (χ1) is 11.8. The molecule has 0 bridgehead atoms. The topological polar surface area (TPSA) is 73.3 Å². The van der Waals surface area contributed by atoms with Crippen molar-refractivity contribution in [3.8, 4) is 5.75 Å². The second-order valence-corrected chi connectivity index (χ2v) is 7.87. The fourth-order valence-electron chi connectivity index (χ4n) is 2.52. The molecule has 3 rings (SSSR count). The fraction of sp³-hybridized carbons (Fsp3) is 0.111. The average Bonchev–Trinajstić information content (AvgIpc) is 2.59. The number of methoxy groups -OCH3 is 1. The lowest BCUT2D eigenvalue weighted by Gasteiger charge is -2.12. The minimum Gasteiger partial charge on any atom is -0.496 e. The molecule has 5 nitrogen and oxygen atoms in total. The van der Waals surface area contributed by atoms with Gasteiger partial charge in [0.05, 0.1) is 18.2 Å². The van der Waals surface area contributed by atoms with Crippen LogP contribution in [0.2, 0.25) is 5.02 Å². The van der Waals surface area contributed by atoms with Crippen LogP contribution in [-0.4, -0.2) is 32.6 Å². The van der Waals surface area contributed by atoms with Crippen molar-refractivity contribution in [3.05, 3.63) is 64.7 Å². The summed E-state index contributed by atoms with van der Waals surface area (Å²) in [5.41, 5.74) is 1.18. The highest BCUT2D eigenvalue weighted by Crippen LogP contribution is 2.30. The van der Waals surface area contributed by atoms with Gasteiger partial charge in [0.15, 0.2) is 20.6 Å². The van der Waals surface area contributed by atoms with Gasteiger partial charge in [0, 0.05) is 22.2 Å². The highest BCUT2D eigenvalue weighted by atomic mass is 35.5. The average molecular weight is 376 g/mol. The Kier molecular flexibility index (Phi) is 4.49. The second-order valence-electron chi connectivity index (χ2n) is 5.47. The molecule has 25 heavy (non-hydrogen) atoms. The van der Waals surface area contributed by atoms with Crippen LogP contribution in [0.4, 0.5) is 0 Å². The van der Waals surface area contributed by atoms with E-state index in [0.717, 1.165) is 6.26 Å². The second kappa shape index (κ2) is 6.46. The number of carbonyl (C=O) groups is 1. The lowest BCUT2D eigenvalue weighted by atomic mass is 9.98. The lowest BCUT2D eigenvalue weighted by molar-refractivity contribution is 0.103. The lowest BCUT2D eigenvalue weighted by Crippen LogP contribution is -2.07. The van der Waals surface area contributed by atoms with Crippen molar-refractivity contribution in [1.29, 1.82) is 0 Å². The van der Waals surface area contributed by atoms with Crippen LogP contribution >= 0.6 is 11.6 Å². The van der Waals surface area contributed by atoms with Gasteiger partial charge in [0.2, 0.25) is 0 Å². The van der Waals surface area contributed by atoms with Crippen molar-refractivity contribution in [2.45, 2.75) is 5.03 Å². The minimum atomic E-state index is -3.44. The van der Waals surface area contributed by atoms with Crippen LogP contribution in [0.5, 0.6) is 5.75 Å². The third kappa shape index (κ3) is 3.36. The van der Waals surface area contributed by atoms with Crippen molar-refractivity contribution >= 4 is 38.1 Å². The monoisotopic (exact) mass is 375 g/mol. The number of sulfone groups is 1. The largest absolute Gasteiger partial charge is 0.496 e. The first-order valence-electron chi connectivity index (χ1n) is 7.29. The van der Waals surface area contributed by atoms with E-state index in [9.17, 15) is 13.2 Å². The number of fused-ring (bicyclic) bond motifs is 1. The first-order valence-corrected chi connectivity index (χ1v) is 9.56. The van der Waals surface area contributed by atoms with E-state index in [4.69, 9.17) is 16.3 Å². The summed E-state index contributed by atoms with van der Waals surface area (Å²) >= 11 is 5.87. The standard InChI is InChI=1S/C18H14ClNO4S/c1-24-15-9-8-14-13(7-10-16(20-14)25(2,22)23)17(15)18(21)11-3-5-12(19)6-4-11/h3-10H,1-2H3. The molecule has 0 radical (unpaired) electrons. The summed E-state index contributed by atoms with van der Waals surface area (Å²) in [7, 11) is -1.97. The van der Waals surface area contributed by atoms with Crippen LogP contribution in [-0.2, 0) is 9.84 Å². The Morgan fingerprint density at radius 2 is 1.72 bits per heavy atom. The third-order valence-electron chi connectivity index (χ3n) is 3.74. The van der Waals surface area contributed by atoms with Gasteiger partial charge >= 0.3 is 0 Å². The van der Waals surface area contributed by atoms with E-state index in [1.807, 2.05) is 0 Å². The number of carbonyl (C=O) groups excluding carboxylic acids is 1. The predicted octanol–water partition coefficient (Wildman–Crippen LogP) is 3.53. The number of pyridine rings is 1. The van der Waals surface area contributed by atoms with Crippen molar-refractivity contribution in [3.63, 3.8) is 0 Å². The van der Waals surface area contributed by atoms with Crippen LogP contribution in [0.3, 0.4) is 0 Å². The Bertz CT molecular complexity index is 1080. The first kappa shape index (κ1) is 17.4. The molecule has 0 saturated carbocycles. The van der Waals surface area contributed by atoms with Crippen LogP contribution in [0.15, 0.2) is 53.6 Å². The smallest absolute Gasteiger partial charge is 0.197 e. The number of ether oxygens (including phenoxy) is 1. The number of rotatable bonds is 4. The summed E-state index contributed by atoms with van der Waals surface area (Å²) in [6.07, 6.45) is 1.09. The maximum absolute atomic E-state index is 13.0. The number of hydrogen-bond acceptors (Lipinski definition) is 5. The summed E-state index contributed by atoms with van der Waals surface area (Å²) in [6, 6.07) is 12.7. The molecule has 0 unspecified atom stereocenters. The zero-order valence-electron chi connectivity index (χ0n) is 13.5. The van der Waals surface area contributed by atoms with Crippen molar-refractivity contribution in [1.82, 2.24) is 4.98 Å². The molecule has 3 aromatic rings. The van der Waals surface area contributed by atoms with E-state index in [1.54, 1.807) is 42.5 Å². The summed E-state index contributed by atoms with van der Waals surface area (Å²) in [6.45, 7) is 0. The Balaban J connectivity index is 2.24. The highest BCUT2D eigenvalue weighted by molar-refractivity contribution is 7.90. The maximum atomic E-state index is 13.0. The summed E-state index contributed by atoms with van der Waals surface area (Å²) in [5.74, 6) is 0.134. The summed E-state index contributed by atoms with van der Waals surface area (Å²) in [4.78, 5) is 17.1. The molecule has 0 fully saturated rings. The van der Waals surface area contributed by atoms with Gasteiger partial charge in [-0.2, -0.15) is 0 Å². The number of hydrogen-bond donors (Lipinski definition) is 0. The van der Waals surface area contributed by atoms with Gasteiger partial charge in [-0.05, 0) is 48.5 Å². The number of ketones is 1. The number of benzene rings is 2. The van der Waals surface area contributed by atoms with Crippen molar-refractivity contribution in [2.24, 2.45) is 0 Å². The number of halogens is 1. The molecular formula is C18H14ClNO4S. The van der Waals surface area contributed by atoms with E-state index in [2.05, 4.69) is 4.98 Å². The summed E-state index contributed by atoms with van der Waals surface area (Å²) in [5, 5.41) is 1.00. The summed E-state index contributed by atoms with van der Waals surface area (Å²) < 4.78 is 28.7. The number of nitrogens with zero attached hydrogens (tertiary/aromatic N) is 1. The molecule has 1 heterocycles.